The minimum absolute atomic E-state index is 0.150. The molecule has 2 aromatic heterocycles. The van der Waals surface area contributed by atoms with Gasteiger partial charge in [0.1, 0.15) is 18.1 Å². The lowest BCUT2D eigenvalue weighted by Crippen LogP contribution is -2.62. The average Bonchev–Trinajstić information content (AvgIpc) is 3.94. The molecule has 0 saturated carbocycles. The number of carbonyl (C=O) groups is 5. The van der Waals surface area contributed by atoms with Gasteiger partial charge in [0.25, 0.3) is 11.8 Å². The number of hydrazine groups is 1. The normalized spacial score (nSPS) is 22.9. The van der Waals surface area contributed by atoms with Crippen molar-refractivity contribution in [1.29, 1.82) is 0 Å². The van der Waals surface area contributed by atoms with E-state index in [-0.39, 0.29) is 49.1 Å². The molecule has 8 rings (SSSR count). The van der Waals surface area contributed by atoms with Gasteiger partial charge in [0.2, 0.25) is 11.8 Å². The number of carbonyl (C=O) groups excluding carboxylic acids is 5. The summed E-state index contributed by atoms with van der Waals surface area (Å²) in [5.74, 6) is 3.48. The Hall–Kier alpha value is -6.00. The second-order valence-electron chi connectivity index (χ2n) is 20.0. The Labute approximate surface area is 382 Å². The van der Waals surface area contributed by atoms with Crippen LogP contribution in [0, 0.1) is 28.6 Å². The molecule has 3 saturated heterocycles. The Kier molecular flexibility index (Phi) is 12.7. The van der Waals surface area contributed by atoms with Crippen molar-refractivity contribution in [3.63, 3.8) is 0 Å². The highest BCUT2D eigenvalue weighted by Crippen LogP contribution is 2.43. The first-order valence-corrected chi connectivity index (χ1v) is 23.2. The molecule has 6 heterocycles. The number of hydrogen-bond donors (Lipinski definition) is 2. The summed E-state index contributed by atoms with van der Waals surface area (Å²) >= 11 is 0. The molecule has 4 aliphatic rings. The molecule has 0 radical (unpaired) electrons. The third-order valence-electron chi connectivity index (χ3n) is 13.9. The molecule has 342 valence electrons. The van der Waals surface area contributed by atoms with Gasteiger partial charge in [-0.05, 0) is 103 Å². The van der Waals surface area contributed by atoms with Gasteiger partial charge in [-0.1, -0.05) is 77.8 Å². The van der Waals surface area contributed by atoms with E-state index in [2.05, 4.69) is 98.3 Å². The van der Waals surface area contributed by atoms with E-state index in [1.807, 2.05) is 38.2 Å². The summed E-state index contributed by atoms with van der Waals surface area (Å²) in [6.45, 7) is 15.5. The van der Waals surface area contributed by atoms with Crippen LogP contribution in [0.1, 0.15) is 96.9 Å². The molecule has 4 atom stereocenters. The van der Waals surface area contributed by atoms with Crippen molar-refractivity contribution in [2.24, 2.45) is 23.8 Å². The smallest absolute Gasteiger partial charge is 0.324 e. The van der Waals surface area contributed by atoms with Crippen molar-refractivity contribution < 1.29 is 28.7 Å². The Morgan fingerprint density at radius 3 is 2.49 bits per heavy atom. The lowest BCUT2D eigenvalue weighted by atomic mass is 9.84. The molecule has 6 bridgehead atoms. The number of rotatable bonds is 6. The van der Waals surface area contributed by atoms with Crippen molar-refractivity contribution in [3.05, 3.63) is 77.6 Å². The van der Waals surface area contributed by atoms with Gasteiger partial charge in [-0.15, -0.1) is 0 Å². The minimum atomic E-state index is -1.03. The third kappa shape index (κ3) is 8.89. The van der Waals surface area contributed by atoms with Gasteiger partial charge in [0.05, 0.1) is 23.4 Å². The largest absolute Gasteiger partial charge is 0.464 e. The first-order chi connectivity index (χ1) is 31.0. The molecule has 4 aliphatic heterocycles. The van der Waals surface area contributed by atoms with Crippen molar-refractivity contribution in [2.45, 2.75) is 111 Å². The number of benzene rings is 2. The highest BCUT2D eigenvalue weighted by Gasteiger charge is 2.54. The zero-order valence-corrected chi connectivity index (χ0v) is 39.1. The van der Waals surface area contributed by atoms with Crippen molar-refractivity contribution in [3.8, 4) is 34.2 Å². The maximum atomic E-state index is 14.7. The van der Waals surface area contributed by atoms with Crippen LogP contribution in [0.5, 0.6) is 0 Å². The van der Waals surface area contributed by atoms with Crippen LogP contribution in [0.15, 0.2) is 60.8 Å². The Balaban J connectivity index is 1.16. The van der Waals surface area contributed by atoms with Crippen molar-refractivity contribution >= 4 is 40.5 Å². The highest BCUT2D eigenvalue weighted by atomic mass is 16.5. The number of hydrogen-bond acceptors (Lipinski definition) is 8. The number of esters is 1. The van der Waals surface area contributed by atoms with Crippen LogP contribution in [0.3, 0.4) is 0 Å². The topological polar surface area (TPSA) is 146 Å². The highest BCUT2D eigenvalue weighted by molar-refractivity contribution is 5.98. The van der Waals surface area contributed by atoms with Gasteiger partial charge in [-0.3, -0.25) is 34.0 Å². The summed E-state index contributed by atoms with van der Waals surface area (Å²) in [5, 5.41) is 5.66. The summed E-state index contributed by atoms with van der Waals surface area (Å²) in [5.41, 5.74) is 10.1. The molecular weight excluding hydrogens is 819 g/mol. The van der Waals surface area contributed by atoms with Crippen LogP contribution in [0.4, 0.5) is 0 Å². The van der Waals surface area contributed by atoms with E-state index in [1.54, 1.807) is 16.7 Å². The van der Waals surface area contributed by atoms with E-state index in [9.17, 15) is 24.0 Å². The summed E-state index contributed by atoms with van der Waals surface area (Å²) in [6.07, 6.45) is 4.71. The molecule has 4 aromatic rings. The number of nitrogens with one attached hydrogen (secondary N) is 2. The van der Waals surface area contributed by atoms with Gasteiger partial charge in [0.15, 0.2) is 0 Å². The summed E-state index contributed by atoms with van der Waals surface area (Å²) in [4.78, 5) is 78.4. The number of aromatic nitrogens is 2. The molecule has 2 N–H and O–H groups in total. The quantitative estimate of drug-likeness (QED) is 0.173. The fourth-order valence-electron chi connectivity index (χ4n) is 10.6. The molecule has 2 aromatic carbocycles. The van der Waals surface area contributed by atoms with Crippen LogP contribution in [-0.4, -0.2) is 105 Å². The van der Waals surface area contributed by atoms with Crippen molar-refractivity contribution in [1.82, 2.24) is 35.1 Å². The maximum Gasteiger partial charge on any atom is 0.324 e. The Morgan fingerprint density at radius 1 is 0.969 bits per heavy atom. The minimum Gasteiger partial charge on any atom is -0.464 e. The van der Waals surface area contributed by atoms with E-state index >= 15 is 0 Å². The fraction of sp³-hybridized carbons (Fsp3) is 0.500. The molecule has 13 nitrogen and oxygen atoms in total. The predicted octanol–water partition coefficient (Wildman–Crippen LogP) is 6.18. The average molecular weight is 882 g/mol. The SMILES string of the molecule is CC#CC(=O)N1CCC2(CCN([C@H](C(=O)N[C@H]3Cc4cccc(c4)-c4ccc5c(c4)c(c(-c4cccnc4C(C)C)n5C)CC(C)(C)COC(=O)[C@@H]4CCCN(N4)C3=O)C(C)C)C2=O)C1. The lowest BCUT2D eigenvalue weighted by Gasteiger charge is -2.37. The first kappa shape index (κ1) is 45.6. The predicted molar refractivity (Wildman–Crippen MR) is 250 cm³/mol. The number of likely N-dealkylation sites (tertiary alicyclic amines) is 2. The zero-order valence-electron chi connectivity index (χ0n) is 39.1. The van der Waals surface area contributed by atoms with Gasteiger partial charge >= 0.3 is 5.97 Å². The summed E-state index contributed by atoms with van der Waals surface area (Å²) < 4.78 is 8.37. The first-order valence-electron chi connectivity index (χ1n) is 23.2. The molecule has 1 unspecified atom stereocenters. The van der Waals surface area contributed by atoms with Crippen LogP contribution in [0.25, 0.3) is 33.3 Å². The van der Waals surface area contributed by atoms with Crippen LogP contribution >= 0.6 is 0 Å². The number of cyclic esters (lactones) is 1. The second kappa shape index (κ2) is 18.1. The van der Waals surface area contributed by atoms with E-state index in [1.165, 1.54) is 5.01 Å². The molecule has 4 amide bonds. The van der Waals surface area contributed by atoms with E-state index < -0.39 is 40.8 Å². The van der Waals surface area contributed by atoms with E-state index in [4.69, 9.17) is 9.72 Å². The molecule has 1 spiro atoms. The van der Waals surface area contributed by atoms with Gasteiger partial charge < -0.3 is 24.4 Å². The number of pyridine rings is 1. The number of nitrogens with zero attached hydrogens (tertiary/aromatic N) is 5. The fourth-order valence-corrected chi connectivity index (χ4v) is 10.6. The molecular formula is C52H63N7O6. The van der Waals surface area contributed by atoms with Gasteiger partial charge in [0, 0.05) is 67.7 Å². The zero-order chi connectivity index (χ0) is 46.4. The number of ether oxygens (including phenoxy) is 1. The Morgan fingerprint density at radius 2 is 1.74 bits per heavy atom. The monoisotopic (exact) mass is 881 g/mol. The number of fused-ring (bicyclic) bond motifs is 6. The van der Waals surface area contributed by atoms with Crippen LogP contribution in [0.2, 0.25) is 0 Å². The van der Waals surface area contributed by atoms with Crippen molar-refractivity contribution in [2.75, 3.05) is 32.8 Å². The second-order valence-corrected chi connectivity index (χ2v) is 20.0. The Bertz CT molecular complexity index is 2600. The standard InChI is InChI=1S/C52H63N7O6/c1-9-13-43(60)57-24-20-52(30-57)21-25-58(50(52)64)45(33(4)5)47(61)54-41-27-34-14-10-15-35(26-34)36-18-19-42-38(28-36)39(46(56(42)8)37-16-11-22-53-44(37)32(2)3)29-51(6,7)31-65-49(63)40-17-12-23-59(55-40)48(41)62/h10-11,14-16,18-19,22,26,28,32-33,40-41,45,55H,12,17,20-21,23-25,27,29-31H2,1-8H3,(H,54,61)/t40-,41-,45-,52?/m0/s1. The molecule has 13 heteroatoms. The number of amides is 4. The van der Waals surface area contributed by atoms with E-state index in [0.29, 0.717) is 51.7 Å². The summed E-state index contributed by atoms with van der Waals surface area (Å²) in [6, 6.07) is 16.1. The molecule has 3 fully saturated rings. The van der Waals surface area contributed by atoms with E-state index in [0.717, 1.165) is 50.1 Å². The van der Waals surface area contributed by atoms with Crippen LogP contribution in [-0.2, 0) is 48.6 Å². The molecule has 0 aliphatic carbocycles. The number of aryl methyl sites for hydroxylation is 1. The van der Waals surface area contributed by atoms with Gasteiger partial charge in [-0.2, -0.15) is 0 Å². The molecule has 65 heavy (non-hydrogen) atoms. The van der Waals surface area contributed by atoms with Crippen LogP contribution < -0.4 is 10.7 Å². The third-order valence-corrected chi connectivity index (χ3v) is 13.9. The van der Waals surface area contributed by atoms with Gasteiger partial charge in [-0.25, -0.2) is 5.43 Å². The lowest BCUT2D eigenvalue weighted by molar-refractivity contribution is -0.155. The summed E-state index contributed by atoms with van der Waals surface area (Å²) in [7, 11) is 2.10. The maximum absolute atomic E-state index is 14.7.